The van der Waals surface area contributed by atoms with Crippen molar-refractivity contribution in [1.29, 1.82) is 0 Å². The topological polar surface area (TPSA) is 58.6 Å². The molecule has 0 spiro atoms. The number of amides is 2. The summed E-state index contributed by atoms with van der Waals surface area (Å²) in [7, 11) is 0. The Kier molecular flexibility index (Phi) is 5.09. The van der Waals surface area contributed by atoms with Crippen molar-refractivity contribution in [2.45, 2.75) is 46.8 Å². The van der Waals surface area contributed by atoms with Crippen LogP contribution in [0.25, 0.3) is 0 Å². The number of carbonyl (C=O) groups excluding carboxylic acids is 2. The summed E-state index contributed by atoms with van der Waals surface area (Å²) in [4.78, 5) is 26.7. The summed E-state index contributed by atoms with van der Waals surface area (Å²) in [5, 5.41) is 2.87. The monoisotopic (exact) mass is 318 g/mol. The van der Waals surface area contributed by atoms with Crippen molar-refractivity contribution in [2.75, 3.05) is 18.5 Å². The highest BCUT2D eigenvalue weighted by molar-refractivity contribution is 5.98. The van der Waals surface area contributed by atoms with Crippen LogP contribution in [0.3, 0.4) is 0 Å². The Morgan fingerprint density at radius 3 is 2.61 bits per heavy atom. The number of carbonyl (C=O) groups is 2. The Hall–Kier alpha value is -1.88. The van der Waals surface area contributed by atoms with Gasteiger partial charge in [-0.3, -0.25) is 9.59 Å². The molecule has 5 nitrogen and oxygen atoms in total. The van der Waals surface area contributed by atoms with Gasteiger partial charge in [-0.05, 0) is 32.0 Å². The lowest BCUT2D eigenvalue weighted by atomic mass is 9.95. The van der Waals surface area contributed by atoms with Gasteiger partial charge >= 0.3 is 0 Å². The zero-order chi connectivity index (χ0) is 17.2. The van der Waals surface area contributed by atoms with E-state index >= 15 is 0 Å². The lowest BCUT2D eigenvalue weighted by Crippen LogP contribution is -2.50. The standard InChI is InChI=1S/C18H26N2O3/c1-12-11-23-13(2)10-20(12)16(21)14-7-6-8-15(9-14)19-17(22)18(3,4)5/h6-9,12-13H,10-11H2,1-5H3,(H,19,22). The van der Waals surface area contributed by atoms with E-state index in [0.29, 0.717) is 24.4 Å². The van der Waals surface area contributed by atoms with E-state index in [4.69, 9.17) is 4.74 Å². The maximum Gasteiger partial charge on any atom is 0.254 e. The molecule has 2 rings (SSSR count). The molecule has 1 aromatic carbocycles. The molecule has 1 N–H and O–H groups in total. The molecule has 2 unspecified atom stereocenters. The van der Waals surface area contributed by atoms with E-state index in [2.05, 4.69) is 5.32 Å². The van der Waals surface area contributed by atoms with Crippen LogP contribution < -0.4 is 5.32 Å². The quantitative estimate of drug-likeness (QED) is 0.912. The van der Waals surface area contributed by atoms with Gasteiger partial charge in [-0.25, -0.2) is 0 Å². The first kappa shape index (κ1) is 17.5. The van der Waals surface area contributed by atoms with Gasteiger partial charge in [-0.1, -0.05) is 26.8 Å². The van der Waals surface area contributed by atoms with Gasteiger partial charge in [-0.15, -0.1) is 0 Å². The van der Waals surface area contributed by atoms with Crippen LogP contribution in [0.5, 0.6) is 0 Å². The van der Waals surface area contributed by atoms with Crippen LogP contribution >= 0.6 is 0 Å². The molecule has 0 aliphatic carbocycles. The van der Waals surface area contributed by atoms with Gasteiger partial charge < -0.3 is 15.0 Å². The van der Waals surface area contributed by atoms with Gasteiger partial charge in [0.2, 0.25) is 5.91 Å². The fraction of sp³-hybridized carbons (Fsp3) is 0.556. The van der Waals surface area contributed by atoms with Gasteiger partial charge in [0.25, 0.3) is 5.91 Å². The molecule has 1 saturated heterocycles. The number of anilines is 1. The predicted molar refractivity (Wildman–Crippen MR) is 90.4 cm³/mol. The summed E-state index contributed by atoms with van der Waals surface area (Å²) >= 11 is 0. The zero-order valence-electron chi connectivity index (χ0n) is 14.6. The third-order valence-corrected chi connectivity index (χ3v) is 3.92. The van der Waals surface area contributed by atoms with Gasteiger partial charge in [0.15, 0.2) is 0 Å². The molecule has 1 aliphatic heterocycles. The summed E-state index contributed by atoms with van der Waals surface area (Å²) in [6.45, 7) is 10.6. The second kappa shape index (κ2) is 6.71. The third-order valence-electron chi connectivity index (χ3n) is 3.92. The Morgan fingerprint density at radius 1 is 1.26 bits per heavy atom. The van der Waals surface area contributed by atoms with Crippen LogP contribution in [-0.4, -0.2) is 42.0 Å². The van der Waals surface area contributed by atoms with E-state index in [0.717, 1.165) is 0 Å². The van der Waals surface area contributed by atoms with Crippen molar-refractivity contribution >= 4 is 17.5 Å². The molecule has 23 heavy (non-hydrogen) atoms. The predicted octanol–water partition coefficient (Wildman–Crippen LogP) is 2.92. The molecule has 0 bridgehead atoms. The Morgan fingerprint density at radius 2 is 1.96 bits per heavy atom. The minimum Gasteiger partial charge on any atom is -0.375 e. The second-order valence-corrected chi connectivity index (χ2v) is 7.24. The Balaban J connectivity index is 2.15. The van der Waals surface area contributed by atoms with Crippen molar-refractivity contribution in [3.05, 3.63) is 29.8 Å². The highest BCUT2D eigenvalue weighted by atomic mass is 16.5. The molecule has 2 atom stereocenters. The molecule has 126 valence electrons. The van der Waals surface area contributed by atoms with E-state index in [1.54, 1.807) is 24.3 Å². The Bertz CT molecular complexity index is 592. The lowest BCUT2D eigenvalue weighted by Gasteiger charge is -2.36. The number of nitrogens with one attached hydrogen (secondary N) is 1. The average molecular weight is 318 g/mol. The Labute approximate surface area is 138 Å². The van der Waals surface area contributed by atoms with E-state index in [-0.39, 0.29) is 24.0 Å². The number of benzene rings is 1. The minimum atomic E-state index is -0.478. The van der Waals surface area contributed by atoms with Gasteiger partial charge in [0.1, 0.15) is 0 Å². The van der Waals surface area contributed by atoms with Crippen molar-refractivity contribution in [3.8, 4) is 0 Å². The molecule has 1 fully saturated rings. The van der Waals surface area contributed by atoms with Crippen LogP contribution in [0.4, 0.5) is 5.69 Å². The number of ether oxygens (including phenoxy) is 1. The fourth-order valence-electron chi connectivity index (χ4n) is 2.40. The molecule has 1 aliphatic rings. The molecule has 1 aromatic rings. The zero-order valence-corrected chi connectivity index (χ0v) is 14.6. The molecule has 5 heteroatoms. The fourth-order valence-corrected chi connectivity index (χ4v) is 2.40. The summed E-state index contributed by atoms with van der Waals surface area (Å²) in [6, 6.07) is 7.15. The highest BCUT2D eigenvalue weighted by Crippen LogP contribution is 2.20. The van der Waals surface area contributed by atoms with Crippen molar-refractivity contribution in [1.82, 2.24) is 4.90 Å². The summed E-state index contributed by atoms with van der Waals surface area (Å²) in [5.74, 6) is -0.102. The van der Waals surface area contributed by atoms with Gasteiger partial charge in [0.05, 0.1) is 18.8 Å². The van der Waals surface area contributed by atoms with Crippen LogP contribution in [0.2, 0.25) is 0 Å². The SMILES string of the molecule is CC1CN(C(=O)c2cccc(NC(=O)C(C)(C)C)c2)C(C)CO1. The van der Waals surface area contributed by atoms with Crippen molar-refractivity contribution < 1.29 is 14.3 Å². The van der Waals surface area contributed by atoms with Gasteiger partial charge in [-0.2, -0.15) is 0 Å². The largest absolute Gasteiger partial charge is 0.375 e. The number of rotatable bonds is 2. The maximum atomic E-state index is 12.7. The second-order valence-electron chi connectivity index (χ2n) is 7.24. The molecule has 0 radical (unpaired) electrons. The van der Waals surface area contributed by atoms with Crippen LogP contribution in [0.15, 0.2) is 24.3 Å². The molecule has 1 heterocycles. The number of hydrogen-bond donors (Lipinski definition) is 1. The molecular weight excluding hydrogens is 292 g/mol. The summed E-state index contributed by atoms with van der Waals surface area (Å²) in [5.41, 5.74) is 0.746. The van der Waals surface area contributed by atoms with E-state index in [1.807, 2.05) is 39.5 Å². The van der Waals surface area contributed by atoms with Gasteiger partial charge in [0, 0.05) is 23.2 Å². The van der Waals surface area contributed by atoms with Crippen LogP contribution in [0, 0.1) is 5.41 Å². The van der Waals surface area contributed by atoms with E-state index in [9.17, 15) is 9.59 Å². The molecule has 0 aromatic heterocycles. The molecule has 0 saturated carbocycles. The molecular formula is C18H26N2O3. The maximum absolute atomic E-state index is 12.7. The number of nitrogens with zero attached hydrogens (tertiary/aromatic N) is 1. The third kappa shape index (κ3) is 4.32. The number of hydrogen-bond acceptors (Lipinski definition) is 3. The molecule has 2 amide bonds. The normalized spacial score (nSPS) is 21.9. The first-order chi connectivity index (χ1) is 10.7. The van der Waals surface area contributed by atoms with Crippen molar-refractivity contribution in [2.24, 2.45) is 5.41 Å². The highest BCUT2D eigenvalue weighted by Gasteiger charge is 2.28. The average Bonchev–Trinajstić information content (AvgIpc) is 2.48. The minimum absolute atomic E-state index is 0.0282. The number of morpholine rings is 1. The van der Waals surface area contributed by atoms with Crippen LogP contribution in [0.1, 0.15) is 45.0 Å². The summed E-state index contributed by atoms with van der Waals surface area (Å²) in [6.07, 6.45) is 0.0407. The summed E-state index contributed by atoms with van der Waals surface area (Å²) < 4.78 is 5.57. The van der Waals surface area contributed by atoms with Crippen molar-refractivity contribution in [3.63, 3.8) is 0 Å². The lowest BCUT2D eigenvalue weighted by molar-refractivity contribution is -0.123. The van der Waals surface area contributed by atoms with Crippen LogP contribution in [-0.2, 0) is 9.53 Å². The smallest absolute Gasteiger partial charge is 0.254 e. The first-order valence-electron chi connectivity index (χ1n) is 8.02. The first-order valence-corrected chi connectivity index (χ1v) is 8.02. The van der Waals surface area contributed by atoms with E-state index < -0.39 is 5.41 Å². The van der Waals surface area contributed by atoms with E-state index in [1.165, 1.54) is 0 Å².